The molecule has 24 heavy (non-hydrogen) atoms. The Morgan fingerprint density at radius 1 is 1.33 bits per heavy atom. The van der Waals surface area contributed by atoms with Gasteiger partial charge >= 0.3 is 0 Å². The number of halogens is 1. The van der Waals surface area contributed by atoms with E-state index in [2.05, 4.69) is 31.2 Å². The van der Waals surface area contributed by atoms with E-state index in [4.69, 9.17) is 0 Å². The van der Waals surface area contributed by atoms with Crippen molar-refractivity contribution in [3.05, 3.63) is 52.6 Å². The Morgan fingerprint density at radius 2 is 2.04 bits per heavy atom. The van der Waals surface area contributed by atoms with Crippen LogP contribution in [0.4, 0.5) is 4.39 Å². The van der Waals surface area contributed by atoms with Crippen LogP contribution < -0.4 is 5.32 Å². The summed E-state index contributed by atoms with van der Waals surface area (Å²) in [6.45, 7) is 8.35. The molecule has 3 rings (SSSR count). The molecule has 0 bridgehead atoms. The highest BCUT2D eigenvalue weighted by Gasteiger charge is 2.32. The monoisotopic (exact) mass is 329 g/mol. The molecule has 0 unspecified atom stereocenters. The Bertz CT molecular complexity index is 769. The molecule has 0 saturated heterocycles. The molecule has 1 aliphatic rings. The summed E-state index contributed by atoms with van der Waals surface area (Å²) in [7, 11) is 0. The molecule has 1 fully saturated rings. The quantitative estimate of drug-likeness (QED) is 0.925. The normalized spacial score (nSPS) is 14.7. The fourth-order valence-electron chi connectivity index (χ4n) is 2.80. The summed E-state index contributed by atoms with van der Waals surface area (Å²) in [5.74, 6) is 0.1000. The molecule has 1 saturated carbocycles. The van der Waals surface area contributed by atoms with Crippen molar-refractivity contribution in [2.45, 2.75) is 58.5 Å². The van der Waals surface area contributed by atoms with E-state index in [0.29, 0.717) is 23.7 Å². The molecular weight excluding hydrogens is 305 g/mol. The van der Waals surface area contributed by atoms with Crippen molar-refractivity contribution in [3.8, 4) is 0 Å². The standard InChI is InChI=1S/C19H24FN3O/c1-12-9-13(5-8-15(12)20)11-21-18(24)16-10-17(14-6-7-14)23(22-16)19(2,3)4/h5,8-10,14H,6-7,11H2,1-4H3,(H,21,24). The summed E-state index contributed by atoms with van der Waals surface area (Å²) in [5.41, 5.74) is 2.90. The van der Waals surface area contributed by atoms with Crippen LogP contribution >= 0.6 is 0 Å². The summed E-state index contributed by atoms with van der Waals surface area (Å²) in [6, 6.07) is 6.77. The molecule has 2 aromatic rings. The Balaban J connectivity index is 1.74. The summed E-state index contributed by atoms with van der Waals surface area (Å²) in [4.78, 5) is 12.4. The first-order valence-electron chi connectivity index (χ1n) is 8.39. The second kappa shape index (κ2) is 6.04. The van der Waals surface area contributed by atoms with E-state index in [-0.39, 0.29) is 17.3 Å². The molecule has 0 atom stereocenters. The molecule has 5 heteroatoms. The summed E-state index contributed by atoms with van der Waals surface area (Å²) in [6.07, 6.45) is 2.33. The third kappa shape index (κ3) is 3.50. The summed E-state index contributed by atoms with van der Waals surface area (Å²) in [5, 5.41) is 7.41. The lowest BCUT2D eigenvalue weighted by Crippen LogP contribution is -2.27. The van der Waals surface area contributed by atoms with Gasteiger partial charge in [-0.1, -0.05) is 12.1 Å². The number of aromatic nitrogens is 2. The number of carbonyl (C=O) groups is 1. The number of nitrogens with zero attached hydrogens (tertiary/aromatic N) is 2. The van der Waals surface area contributed by atoms with Crippen LogP contribution in [0.5, 0.6) is 0 Å². The second-order valence-corrected chi connectivity index (χ2v) is 7.58. The van der Waals surface area contributed by atoms with E-state index in [1.54, 1.807) is 19.1 Å². The van der Waals surface area contributed by atoms with Gasteiger partial charge in [0.2, 0.25) is 0 Å². The summed E-state index contributed by atoms with van der Waals surface area (Å²) < 4.78 is 15.3. The first-order chi connectivity index (χ1) is 11.3. The van der Waals surface area contributed by atoms with Gasteiger partial charge in [0, 0.05) is 18.2 Å². The molecule has 1 aliphatic carbocycles. The average molecular weight is 329 g/mol. The number of aryl methyl sites for hydroxylation is 1. The minimum absolute atomic E-state index is 0.148. The van der Waals surface area contributed by atoms with Gasteiger partial charge < -0.3 is 5.32 Å². The zero-order valence-electron chi connectivity index (χ0n) is 14.7. The maximum Gasteiger partial charge on any atom is 0.272 e. The molecule has 1 aromatic heterocycles. The van der Waals surface area contributed by atoms with Crippen molar-refractivity contribution >= 4 is 5.91 Å². The maximum atomic E-state index is 13.3. The van der Waals surface area contributed by atoms with Gasteiger partial charge in [-0.2, -0.15) is 5.10 Å². The maximum absolute atomic E-state index is 13.3. The Morgan fingerprint density at radius 3 is 2.62 bits per heavy atom. The van der Waals surface area contributed by atoms with E-state index in [0.717, 1.165) is 24.1 Å². The molecule has 1 aromatic carbocycles. The Hall–Kier alpha value is -2.17. The lowest BCUT2D eigenvalue weighted by Gasteiger charge is -2.22. The molecule has 0 aliphatic heterocycles. The van der Waals surface area contributed by atoms with Gasteiger partial charge in [0.25, 0.3) is 5.91 Å². The Labute approximate surface area is 142 Å². The van der Waals surface area contributed by atoms with Gasteiger partial charge in [-0.3, -0.25) is 9.48 Å². The van der Waals surface area contributed by atoms with E-state index < -0.39 is 0 Å². The van der Waals surface area contributed by atoms with Gasteiger partial charge in [-0.05, 0) is 63.8 Å². The molecule has 1 N–H and O–H groups in total. The zero-order chi connectivity index (χ0) is 17.5. The largest absolute Gasteiger partial charge is 0.347 e. The highest BCUT2D eigenvalue weighted by atomic mass is 19.1. The van der Waals surface area contributed by atoms with Gasteiger partial charge in [-0.15, -0.1) is 0 Å². The minimum atomic E-state index is -0.233. The third-order valence-corrected chi connectivity index (χ3v) is 4.28. The van der Waals surface area contributed by atoms with Gasteiger partial charge in [0.05, 0.1) is 5.54 Å². The van der Waals surface area contributed by atoms with Gasteiger partial charge in [-0.25, -0.2) is 4.39 Å². The van der Waals surface area contributed by atoms with Crippen molar-refractivity contribution in [3.63, 3.8) is 0 Å². The number of amides is 1. The molecule has 4 nitrogen and oxygen atoms in total. The van der Waals surface area contributed by atoms with Crippen molar-refractivity contribution in [1.29, 1.82) is 0 Å². The molecule has 128 valence electrons. The van der Waals surface area contributed by atoms with Crippen molar-refractivity contribution in [2.75, 3.05) is 0 Å². The molecule has 0 spiro atoms. The smallest absolute Gasteiger partial charge is 0.272 e. The number of hydrogen-bond acceptors (Lipinski definition) is 2. The van der Waals surface area contributed by atoms with Crippen LogP contribution in [-0.2, 0) is 12.1 Å². The first kappa shape index (κ1) is 16.7. The third-order valence-electron chi connectivity index (χ3n) is 4.28. The van der Waals surface area contributed by atoms with Crippen LogP contribution in [0, 0.1) is 12.7 Å². The van der Waals surface area contributed by atoms with Gasteiger partial charge in [0.15, 0.2) is 0 Å². The number of nitrogens with one attached hydrogen (secondary N) is 1. The summed E-state index contributed by atoms with van der Waals surface area (Å²) >= 11 is 0. The SMILES string of the molecule is Cc1cc(CNC(=O)c2cc(C3CC3)n(C(C)(C)C)n2)ccc1F. The molecular formula is C19H24FN3O. The first-order valence-corrected chi connectivity index (χ1v) is 8.39. The van der Waals surface area contributed by atoms with Crippen LogP contribution in [0.3, 0.4) is 0 Å². The number of carbonyl (C=O) groups excluding carboxylic acids is 1. The average Bonchev–Trinajstić information content (AvgIpc) is 3.25. The zero-order valence-corrected chi connectivity index (χ0v) is 14.7. The fourth-order valence-corrected chi connectivity index (χ4v) is 2.80. The van der Waals surface area contributed by atoms with E-state index >= 15 is 0 Å². The minimum Gasteiger partial charge on any atom is -0.347 e. The van der Waals surface area contributed by atoms with Crippen molar-refractivity contribution in [2.24, 2.45) is 0 Å². The molecule has 1 heterocycles. The number of hydrogen-bond donors (Lipinski definition) is 1. The highest BCUT2D eigenvalue weighted by Crippen LogP contribution is 2.41. The predicted molar refractivity (Wildman–Crippen MR) is 91.5 cm³/mol. The van der Waals surface area contributed by atoms with Crippen molar-refractivity contribution < 1.29 is 9.18 Å². The Kier molecular flexibility index (Phi) is 4.20. The van der Waals surface area contributed by atoms with E-state index in [1.165, 1.54) is 6.07 Å². The predicted octanol–water partition coefficient (Wildman–Crippen LogP) is 3.89. The second-order valence-electron chi connectivity index (χ2n) is 7.58. The van der Waals surface area contributed by atoms with Crippen LogP contribution in [0.25, 0.3) is 0 Å². The fraction of sp³-hybridized carbons (Fsp3) is 0.474. The molecule has 0 radical (unpaired) electrons. The number of rotatable bonds is 4. The van der Waals surface area contributed by atoms with Crippen LogP contribution in [0.2, 0.25) is 0 Å². The molecule has 1 amide bonds. The van der Waals surface area contributed by atoms with Gasteiger partial charge in [0.1, 0.15) is 11.5 Å². The van der Waals surface area contributed by atoms with Crippen molar-refractivity contribution in [1.82, 2.24) is 15.1 Å². The topological polar surface area (TPSA) is 46.9 Å². The van der Waals surface area contributed by atoms with Crippen LogP contribution in [0.1, 0.15) is 66.8 Å². The van der Waals surface area contributed by atoms with Crippen LogP contribution in [-0.4, -0.2) is 15.7 Å². The lowest BCUT2D eigenvalue weighted by molar-refractivity contribution is 0.0944. The lowest BCUT2D eigenvalue weighted by atomic mass is 10.1. The van der Waals surface area contributed by atoms with E-state index in [9.17, 15) is 9.18 Å². The van der Waals surface area contributed by atoms with E-state index in [1.807, 2.05) is 10.7 Å². The number of benzene rings is 1. The van der Waals surface area contributed by atoms with Crippen LogP contribution in [0.15, 0.2) is 24.3 Å². The highest BCUT2D eigenvalue weighted by molar-refractivity contribution is 5.92.